The van der Waals surface area contributed by atoms with Gasteiger partial charge >= 0.3 is 0 Å². The largest absolute Gasteiger partial charge is 0.350 e. The molecule has 154 valence electrons. The molecular formula is C23H25N5O2. The Morgan fingerprint density at radius 3 is 2.67 bits per heavy atom. The number of benzene rings is 1. The van der Waals surface area contributed by atoms with Gasteiger partial charge in [-0.3, -0.25) is 9.59 Å². The highest BCUT2D eigenvalue weighted by Gasteiger charge is 2.32. The topological polar surface area (TPSA) is 63.4 Å². The van der Waals surface area contributed by atoms with E-state index in [1.54, 1.807) is 0 Å². The molecule has 2 amide bonds. The van der Waals surface area contributed by atoms with Gasteiger partial charge in [0.2, 0.25) is 5.91 Å². The van der Waals surface area contributed by atoms with E-state index in [9.17, 15) is 9.59 Å². The maximum absolute atomic E-state index is 13.4. The Kier molecular flexibility index (Phi) is 4.46. The summed E-state index contributed by atoms with van der Waals surface area (Å²) in [5.41, 5.74) is 2.54. The van der Waals surface area contributed by atoms with E-state index in [0.717, 1.165) is 28.0 Å². The zero-order valence-electron chi connectivity index (χ0n) is 17.3. The molecule has 1 unspecified atom stereocenters. The van der Waals surface area contributed by atoms with E-state index >= 15 is 0 Å². The Labute approximate surface area is 175 Å². The maximum Gasteiger partial charge on any atom is 0.256 e. The molecule has 7 heteroatoms. The van der Waals surface area contributed by atoms with Crippen LogP contribution < -0.4 is 0 Å². The van der Waals surface area contributed by atoms with Gasteiger partial charge in [-0.1, -0.05) is 30.4 Å². The van der Waals surface area contributed by atoms with E-state index in [1.807, 2.05) is 77.1 Å². The molecule has 0 bridgehead atoms. The Hall–Kier alpha value is -3.35. The van der Waals surface area contributed by atoms with E-state index in [1.165, 1.54) is 0 Å². The number of carbonyl (C=O) groups excluding carboxylic acids is 2. The molecule has 5 rings (SSSR count). The van der Waals surface area contributed by atoms with Crippen molar-refractivity contribution in [2.45, 2.75) is 25.9 Å². The molecule has 30 heavy (non-hydrogen) atoms. The van der Waals surface area contributed by atoms with Crippen molar-refractivity contribution in [2.24, 2.45) is 7.05 Å². The van der Waals surface area contributed by atoms with Crippen LogP contribution in [0.15, 0.2) is 48.8 Å². The molecule has 2 aliphatic rings. The molecule has 0 aliphatic carbocycles. The second-order valence-electron chi connectivity index (χ2n) is 8.08. The van der Waals surface area contributed by atoms with Gasteiger partial charge in [-0.25, -0.2) is 4.98 Å². The third-order valence-electron chi connectivity index (χ3n) is 6.17. The van der Waals surface area contributed by atoms with Gasteiger partial charge in [0.1, 0.15) is 5.82 Å². The first-order valence-corrected chi connectivity index (χ1v) is 10.4. The predicted octanol–water partition coefficient (Wildman–Crippen LogP) is 2.53. The number of imidazole rings is 1. The molecule has 7 nitrogen and oxygen atoms in total. The molecule has 0 saturated carbocycles. The number of para-hydroxylation sites is 1. The summed E-state index contributed by atoms with van der Waals surface area (Å²) in [5.74, 6) is 0.957. The number of amides is 2. The molecule has 3 aromatic rings. The van der Waals surface area contributed by atoms with Crippen LogP contribution in [0.2, 0.25) is 0 Å². The summed E-state index contributed by atoms with van der Waals surface area (Å²) in [6, 6.07) is 7.82. The molecule has 2 aromatic heterocycles. The fourth-order valence-corrected chi connectivity index (χ4v) is 4.53. The Morgan fingerprint density at radius 2 is 1.87 bits per heavy atom. The van der Waals surface area contributed by atoms with Gasteiger partial charge in [-0.15, -0.1) is 0 Å². The summed E-state index contributed by atoms with van der Waals surface area (Å²) in [5, 5.41) is 0.969. The molecule has 2 aliphatic heterocycles. The van der Waals surface area contributed by atoms with Crippen molar-refractivity contribution in [3.8, 4) is 0 Å². The lowest BCUT2D eigenvalue weighted by Crippen LogP contribution is -2.41. The highest BCUT2D eigenvalue weighted by atomic mass is 16.2. The number of carbonyl (C=O) groups is 2. The number of hydrogen-bond donors (Lipinski definition) is 0. The number of aryl methyl sites for hydroxylation is 1. The quantitative estimate of drug-likeness (QED) is 0.632. The van der Waals surface area contributed by atoms with E-state index in [2.05, 4.69) is 4.57 Å². The average molecular weight is 403 g/mol. The monoisotopic (exact) mass is 403 g/mol. The van der Waals surface area contributed by atoms with Crippen molar-refractivity contribution < 1.29 is 9.59 Å². The van der Waals surface area contributed by atoms with Gasteiger partial charge in [0.25, 0.3) is 5.91 Å². The van der Waals surface area contributed by atoms with Gasteiger partial charge in [-0.2, -0.15) is 0 Å². The Balaban J connectivity index is 1.38. The van der Waals surface area contributed by atoms with E-state index in [4.69, 9.17) is 4.98 Å². The van der Waals surface area contributed by atoms with Crippen LogP contribution in [0.5, 0.6) is 0 Å². The molecule has 4 heterocycles. The van der Waals surface area contributed by atoms with Crippen LogP contribution in [0.25, 0.3) is 10.9 Å². The smallest absolute Gasteiger partial charge is 0.256 e. The lowest BCUT2D eigenvalue weighted by Gasteiger charge is -2.33. The van der Waals surface area contributed by atoms with Crippen LogP contribution in [-0.2, 0) is 24.8 Å². The SMILES string of the molecule is CC1c2nc(CC(=O)N3CC=CC3)cn2CCN1C(=O)c1cn(C)c2ccccc12. The third kappa shape index (κ3) is 3.01. The number of hydrogen-bond acceptors (Lipinski definition) is 3. The van der Waals surface area contributed by atoms with E-state index in [0.29, 0.717) is 32.6 Å². The molecule has 0 fully saturated rings. The van der Waals surface area contributed by atoms with Crippen LogP contribution in [0.1, 0.15) is 34.8 Å². The summed E-state index contributed by atoms with van der Waals surface area (Å²) >= 11 is 0. The lowest BCUT2D eigenvalue weighted by atomic mass is 10.1. The van der Waals surface area contributed by atoms with Crippen LogP contribution in [0.3, 0.4) is 0 Å². The van der Waals surface area contributed by atoms with Crippen molar-refractivity contribution in [3.05, 3.63) is 65.9 Å². The van der Waals surface area contributed by atoms with E-state index < -0.39 is 0 Å². The minimum absolute atomic E-state index is 0.0225. The Morgan fingerprint density at radius 1 is 1.10 bits per heavy atom. The van der Waals surface area contributed by atoms with Crippen LogP contribution in [-0.4, -0.2) is 55.4 Å². The Bertz CT molecular complexity index is 1160. The number of rotatable bonds is 3. The normalized spacial score (nSPS) is 18.3. The fourth-order valence-electron chi connectivity index (χ4n) is 4.53. The van der Waals surface area contributed by atoms with Crippen LogP contribution >= 0.6 is 0 Å². The zero-order chi connectivity index (χ0) is 20.8. The van der Waals surface area contributed by atoms with Gasteiger partial charge in [-0.05, 0) is 13.0 Å². The molecule has 0 spiro atoms. The molecule has 0 N–H and O–H groups in total. The summed E-state index contributed by atoms with van der Waals surface area (Å²) in [6.07, 6.45) is 8.19. The molecule has 1 atom stereocenters. The highest BCUT2D eigenvalue weighted by molar-refractivity contribution is 6.07. The van der Waals surface area contributed by atoms with Gasteiger partial charge in [0.15, 0.2) is 0 Å². The number of nitrogens with zero attached hydrogens (tertiary/aromatic N) is 5. The third-order valence-corrected chi connectivity index (χ3v) is 6.17. The second kappa shape index (κ2) is 7.16. The average Bonchev–Trinajstić information content (AvgIpc) is 3.47. The lowest BCUT2D eigenvalue weighted by molar-refractivity contribution is -0.129. The van der Waals surface area contributed by atoms with Gasteiger partial charge in [0.05, 0.1) is 23.7 Å². The predicted molar refractivity (Wildman–Crippen MR) is 114 cm³/mol. The summed E-state index contributed by atoms with van der Waals surface area (Å²) in [4.78, 5) is 34.3. The van der Waals surface area contributed by atoms with Crippen molar-refractivity contribution in [2.75, 3.05) is 19.6 Å². The fraction of sp³-hybridized carbons (Fsp3) is 0.348. The number of fused-ring (bicyclic) bond motifs is 2. The standard InChI is InChI=1S/C23H25N5O2/c1-16-22-24-17(13-21(29)26-9-5-6-10-26)14-27(22)11-12-28(16)23(30)19-15-25(2)20-8-4-3-7-18(19)20/h3-8,14-16H,9-13H2,1-2H3. The molecular weight excluding hydrogens is 378 g/mol. The first kappa shape index (κ1) is 18.7. The highest BCUT2D eigenvalue weighted by Crippen LogP contribution is 2.29. The van der Waals surface area contributed by atoms with Crippen LogP contribution in [0.4, 0.5) is 0 Å². The second-order valence-corrected chi connectivity index (χ2v) is 8.08. The minimum atomic E-state index is -0.150. The zero-order valence-corrected chi connectivity index (χ0v) is 17.3. The van der Waals surface area contributed by atoms with Crippen molar-refractivity contribution in [3.63, 3.8) is 0 Å². The van der Waals surface area contributed by atoms with E-state index in [-0.39, 0.29) is 17.9 Å². The van der Waals surface area contributed by atoms with Gasteiger partial charge < -0.3 is 18.9 Å². The van der Waals surface area contributed by atoms with Crippen molar-refractivity contribution in [1.29, 1.82) is 0 Å². The molecule has 0 radical (unpaired) electrons. The van der Waals surface area contributed by atoms with Crippen molar-refractivity contribution >= 4 is 22.7 Å². The maximum atomic E-state index is 13.4. The minimum Gasteiger partial charge on any atom is -0.350 e. The molecule has 0 saturated heterocycles. The van der Waals surface area contributed by atoms with Crippen molar-refractivity contribution in [1.82, 2.24) is 23.9 Å². The first-order valence-electron chi connectivity index (χ1n) is 10.4. The summed E-state index contributed by atoms with van der Waals surface area (Å²) in [6.45, 7) is 4.67. The summed E-state index contributed by atoms with van der Waals surface area (Å²) < 4.78 is 4.08. The first-order chi connectivity index (χ1) is 14.5. The summed E-state index contributed by atoms with van der Waals surface area (Å²) in [7, 11) is 1.96. The van der Waals surface area contributed by atoms with Gasteiger partial charge in [0, 0.05) is 56.5 Å². The number of aromatic nitrogens is 3. The van der Waals surface area contributed by atoms with Crippen LogP contribution in [0, 0.1) is 0 Å². The molecule has 1 aromatic carbocycles.